The predicted molar refractivity (Wildman–Crippen MR) is 124 cm³/mol. The molecule has 0 spiro atoms. The molecule has 32 heavy (non-hydrogen) atoms. The topological polar surface area (TPSA) is 108 Å². The number of nitrogens with two attached hydrogens (primary N) is 1. The molecule has 2 aliphatic heterocycles. The number of nitrogen functional groups attached to an aromatic ring is 1. The molecule has 2 heterocycles. The molecule has 1 atom stereocenters. The Morgan fingerprint density at radius 3 is 2.66 bits per heavy atom. The molecule has 2 aromatic carbocycles. The molecule has 0 saturated heterocycles. The Labute approximate surface area is 198 Å². The fourth-order valence-electron chi connectivity index (χ4n) is 3.13. The van der Waals surface area contributed by atoms with E-state index in [1.807, 2.05) is 18.2 Å². The van der Waals surface area contributed by atoms with Gasteiger partial charge in [-0.15, -0.1) is 0 Å². The Morgan fingerprint density at radius 1 is 1.12 bits per heavy atom. The number of aromatic nitrogens is 4. The van der Waals surface area contributed by atoms with Crippen LogP contribution < -0.4 is 15.2 Å². The fourth-order valence-corrected chi connectivity index (χ4v) is 4.56. The van der Waals surface area contributed by atoms with Crippen molar-refractivity contribution in [3.8, 4) is 23.0 Å². The second kappa shape index (κ2) is 9.41. The number of methoxy groups -OCH3 is 2. The molecule has 0 amide bonds. The molecule has 0 bridgehead atoms. The van der Waals surface area contributed by atoms with Gasteiger partial charge in [0.25, 0.3) is 0 Å². The summed E-state index contributed by atoms with van der Waals surface area (Å²) in [4.78, 5) is 14.1. The Kier molecular flexibility index (Phi) is 6.61. The molecular formula is C21H19Cl2N5O3S. The van der Waals surface area contributed by atoms with Gasteiger partial charge in [0, 0.05) is 15.6 Å². The summed E-state index contributed by atoms with van der Waals surface area (Å²) in [6.07, 6.45) is 0.602. The van der Waals surface area contributed by atoms with E-state index in [4.69, 9.17) is 38.4 Å². The van der Waals surface area contributed by atoms with Gasteiger partial charge in [-0.3, -0.25) is 0 Å². The van der Waals surface area contributed by atoms with E-state index in [-0.39, 0.29) is 12.4 Å². The molecule has 0 aliphatic carbocycles. The molecule has 0 radical (unpaired) electrons. The van der Waals surface area contributed by atoms with Crippen molar-refractivity contribution >= 4 is 40.8 Å². The summed E-state index contributed by atoms with van der Waals surface area (Å²) in [5.74, 6) is 2.08. The summed E-state index contributed by atoms with van der Waals surface area (Å²) in [5.41, 5.74) is 7.02. The van der Waals surface area contributed by atoms with Crippen LogP contribution in [0.5, 0.6) is 11.5 Å². The van der Waals surface area contributed by atoms with Crippen LogP contribution in [-0.4, -0.2) is 38.8 Å². The van der Waals surface area contributed by atoms with E-state index in [0.29, 0.717) is 43.8 Å². The van der Waals surface area contributed by atoms with Crippen LogP contribution in [0.25, 0.3) is 11.5 Å². The van der Waals surface area contributed by atoms with Gasteiger partial charge in [-0.1, -0.05) is 29.3 Å². The quantitative estimate of drug-likeness (QED) is 0.386. The number of aliphatic hydroxyl groups excluding tert-OH is 1. The van der Waals surface area contributed by atoms with Crippen molar-refractivity contribution in [2.75, 3.05) is 20.0 Å². The molecular weight excluding hydrogens is 473 g/mol. The van der Waals surface area contributed by atoms with Gasteiger partial charge in [0.05, 0.1) is 38.1 Å². The number of fused-ring (bicyclic) bond motifs is 1. The largest absolute Gasteiger partial charge is 0.497 e. The number of benzene rings is 2. The first-order valence-corrected chi connectivity index (χ1v) is 11.0. The number of halogens is 2. The third kappa shape index (κ3) is 4.56. The Morgan fingerprint density at radius 2 is 1.94 bits per heavy atom. The second-order valence-corrected chi connectivity index (χ2v) is 8.61. The number of hydrogen-bond acceptors (Lipinski definition) is 8. The van der Waals surface area contributed by atoms with Gasteiger partial charge < -0.3 is 24.9 Å². The molecule has 2 aliphatic rings. The molecule has 3 N–H and O–H groups in total. The minimum Gasteiger partial charge on any atom is -0.497 e. The highest BCUT2D eigenvalue weighted by atomic mass is 35.5. The lowest BCUT2D eigenvalue weighted by Gasteiger charge is -2.17. The van der Waals surface area contributed by atoms with Crippen LogP contribution in [0, 0.1) is 0 Å². The Balaban J connectivity index is 1.66. The maximum Gasteiger partial charge on any atom is 0.195 e. The number of imidazole rings is 1. The predicted octanol–water partition coefficient (Wildman–Crippen LogP) is 4.57. The monoisotopic (exact) mass is 491 g/mol. The van der Waals surface area contributed by atoms with Crippen molar-refractivity contribution in [1.82, 2.24) is 19.5 Å². The number of aliphatic hydroxyl groups is 1. The number of ether oxygens (including phenoxy) is 2. The summed E-state index contributed by atoms with van der Waals surface area (Å²) in [7, 11) is 3.18. The van der Waals surface area contributed by atoms with E-state index in [0.717, 1.165) is 4.90 Å². The minimum absolute atomic E-state index is 0.149. The Hall–Kier alpha value is -2.72. The van der Waals surface area contributed by atoms with Crippen molar-refractivity contribution in [1.29, 1.82) is 0 Å². The van der Waals surface area contributed by atoms with Gasteiger partial charge in [0.2, 0.25) is 0 Å². The van der Waals surface area contributed by atoms with Gasteiger partial charge >= 0.3 is 0 Å². The van der Waals surface area contributed by atoms with Crippen molar-refractivity contribution in [3.05, 3.63) is 58.3 Å². The van der Waals surface area contributed by atoms with E-state index >= 15 is 0 Å². The maximum atomic E-state index is 10.8. The van der Waals surface area contributed by atoms with Crippen LogP contribution in [0.2, 0.25) is 10.0 Å². The van der Waals surface area contributed by atoms with Gasteiger partial charge in [-0.05, 0) is 42.1 Å². The SMILES string of the molecule is COc1ccc(OC)c(Sc2nc3c(N)ncn(CC(O)c4ccc(Cl)cc4Cl)c-3n2)c1. The highest BCUT2D eigenvalue weighted by Gasteiger charge is 2.22. The van der Waals surface area contributed by atoms with E-state index in [9.17, 15) is 5.11 Å². The lowest BCUT2D eigenvalue weighted by atomic mass is 10.1. The van der Waals surface area contributed by atoms with Crippen molar-refractivity contribution in [2.24, 2.45) is 0 Å². The minimum atomic E-state index is -0.912. The fraction of sp³-hybridized carbons (Fsp3) is 0.190. The third-order valence-electron chi connectivity index (χ3n) is 4.73. The first-order chi connectivity index (χ1) is 15.4. The zero-order valence-corrected chi connectivity index (χ0v) is 19.4. The lowest BCUT2D eigenvalue weighted by molar-refractivity contribution is 0.156. The molecule has 2 aromatic rings. The highest BCUT2D eigenvalue weighted by molar-refractivity contribution is 7.99. The Bertz CT molecular complexity index is 1240. The van der Waals surface area contributed by atoms with Crippen molar-refractivity contribution in [3.63, 3.8) is 0 Å². The lowest BCUT2D eigenvalue weighted by Crippen LogP contribution is -2.14. The summed E-state index contributed by atoms with van der Waals surface area (Å²) in [6.45, 7) is 0.149. The van der Waals surface area contributed by atoms with Crippen LogP contribution in [0.3, 0.4) is 0 Å². The zero-order valence-electron chi connectivity index (χ0n) is 17.1. The smallest absolute Gasteiger partial charge is 0.195 e. The average Bonchev–Trinajstić information content (AvgIpc) is 3.20. The molecule has 166 valence electrons. The van der Waals surface area contributed by atoms with Crippen LogP contribution in [0.4, 0.5) is 5.82 Å². The van der Waals surface area contributed by atoms with Crippen LogP contribution in [0.1, 0.15) is 11.7 Å². The molecule has 11 heteroatoms. The number of nitrogens with zero attached hydrogens (tertiary/aromatic N) is 4. The molecule has 0 fully saturated rings. The average molecular weight is 492 g/mol. The number of rotatable bonds is 7. The first kappa shape index (κ1) is 22.5. The van der Waals surface area contributed by atoms with Crippen molar-refractivity contribution in [2.45, 2.75) is 22.7 Å². The van der Waals surface area contributed by atoms with E-state index in [1.54, 1.807) is 37.0 Å². The molecule has 4 rings (SSSR count). The zero-order chi connectivity index (χ0) is 22.8. The summed E-state index contributed by atoms with van der Waals surface area (Å²) in [5, 5.41) is 12.1. The summed E-state index contributed by atoms with van der Waals surface area (Å²) >= 11 is 13.5. The van der Waals surface area contributed by atoms with Crippen LogP contribution in [-0.2, 0) is 6.54 Å². The molecule has 8 nitrogen and oxygen atoms in total. The van der Waals surface area contributed by atoms with E-state index < -0.39 is 6.10 Å². The third-order valence-corrected chi connectivity index (χ3v) is 6.20. The summed E-state index contributed by atoms with van der Waals surface area (Å²) in [6, 6.07) is 10.4. The summed E-state index contributed by atoms with van der Waals surface area (Å²) < 4.78 is 12.4. The second-order valence-electron chi connectivity index (χ2n) is 6.76. The molecule has 0 aromatic heterocycles. The molecule has 0 saturated carbocycles. The van der Waals surface area contributed by atoms with Crippen LogP contribution >= 0.6 is 35.0 Å². The van der Waals surface area contributed by atoms with Gasteiger partial charge in [-0.2, -0.15) is 0 Å². The standard InChI is InChI=1S/C21H19Cl2N5O3S/c1-30-12-4-6-16(31-2)17(8-12)32-21-26-18-19(24)25-10-28(20(18)27-21)9-15(29)13-5-3-11(22)7-14(13)23/h3-8,10,15,29H,9,24H2,1-2H3. The normalized spacial score (nSPS) is 12.2. The number of anilines is 1. The maximum absolute atomic E-state index is 10.8. The van der Waals surface area contributed by atoms with Gasteiger partial charge in [0.1, 0.15) is 11.5 Å². The van der Waals surface area contributed by atoms with E-state index in [2.05, 4.69) is 15.0 Å². The van der Waals surface area contributed by atoms with Crippen molar-refractivity contribution < 1.29 is 14.6 Å². The van der Waals surface area contributed by atoms with Gasteiger partial charge in [-0.25, -0.2) is 15.0 Å². The molecule has 1 unspecified atom stereocenters. The first-order valence-electron chi connectivity index (χ1n) is 9.41. The number of hydrogen-bond donors (Lipinski definition) is 2. The van der Waals surface area contributed by atoms with Gasteiger partial charge in [0.15, 0.2) is 22.5 Å². The van der Waals surface area contributed by atoms with E-state index in [1.165, 1.54) is 18.1 Å². The highest BCUT2D eigenvalue weighted by Crippen LogP contribution is 2.38. The van der Waals surface area contributed by atoms with Crippen LogP contribution in [0.15, 0.2) is 52.8 Å².